The molecule has 0 atom stereocenters. The van der Waals surface area contributed by atoms with Gasteiger partial charge in [0.2, 0.25) is 0 Å². The quantitative estimate of drug-likeness (QED) is 0.852. The lowest BCUT2D eigenvalue weighted by Gasteiger charge is -2.17. The summed E-state index contributed by atoms with van der Waals surface area (Å²) in [5, 5.41) is 0. The number of carbonyl (C=O) groups is 1. The van der Waals surface area contributed by atoms with Crippen LogP contribution < -0.4 is 4.74 Å². The number of rotatable bonds is 4. The van der Waals surface area contributed by atoms with Crippen LogP contribution in [0.1, 0.15) is 21.5 Å². The molecule has 0 aromatic heterocycles. The summed E-state index contributed by atoms with van der Waals surface area (Å²) in [5.74, 6) is 0.853. The van der Waals surface area contributed by atoms with E-state index in [2.05, 4.69) is 0 Å². The Labute approximate surface area is 119 Å². The molecule has 0 radical (unpaired) electrons. The summed E-state index contributed by atoms with van der Waals surface area (Å²) in [6.07, 6.45) is 0. The number of benzene rings is 2. The third-order valence-corrected chi connectivity index (χ3v) is 3.19. The fraction of sp³-hybridized carbons (Fsp3) is 0.235. The zero-order valence-electron chi connectivity index (χ0n) is 12.1. The number of hydrogen-bond acceptors (Lipinski definition) is 2. The standard InChI is InChI=1S/C17H19NO2/c1-13-5-4-6-15(11-13)17(19)18(2)12-14-7-9-16(20-3)10-8-14/h4-11H,12H2,1-3H3. The summed E-state index contributed by atoms with van der Waals surface area (Å²) in [4.78, 5) is 14.0. The molecule has 3 heteroatoms. The predicted molar refractivity (Wildman–Crippen MR) is 80.0 cm³/mol. The number of hydrogen-bond donors (Lipinski definition) is 0. The molecule has 0 fully saturated rings. The Bertz CT molecular complexity index is 590. The maximum Gasteiger partial charge on any atom is 0.253 e. The molecule has 0 spiro atoms. The molecule has 0 saturated carbocycles. The normalized spacial score (nSPS) is 10.2. The largest absolute Gasteiger partial charge is 0.497 e. The summed E-state index contributed by atoms with van der Waals surface area (Å²) in [6.45, 7) is 2.57. The van der Waals surface area contributed by atoms with Gasteiger partial charge in [-0.2, -0.15) is 0 Å². The van der Waals surface area contributed by atoms with Crippen molar-refractivity contribution in [2.45, 2.75) is 13.5 Å². The molecule has 0 bridgehead atoms. The summed E-state index contributed by atoms with van der Waals surface area (Å²) in [5.41, 5.74) is 2.89. The minimum Gasteiger partial charge on any atom is -0.497 e. The minimum absolute atomic E-state index is 0.0320. The van der Waals surface area contributed by atoms with Gasteiger partial charge in [-0.15, -0.1) is 0 Å². The van der Waals surface area contributed by atoms with Crippen molar-refractivity contribution in [3.8, 4) is 5.75 Å². The van der Waals surface area contributed by atoms with E-state index >= 15 is 0 Å². The fourth-order valence-electron chi connectivity index (χ4n) is 2.08. The molecular formula is C17H19NO2. The van der Waals surface area contributed by atoms with Gasteiger partial charge in [-0.3, -0.25) is 4.79 Å². The zero-order valence-corrected chi connectivity index (χ0v) is 12.1. The second-order valence-electron chi connectivity index (χ2n) is 4.88. The van der Waals surface area contributed by atoms with Crippen molar-refractivity contribution in [3.05, 3.63) is 65.2 Å². The third kappa shape index (κ3) is 3.38. The summed E-state index contributed by atoms with van der Waals surface area (Å²) in [7, 11) is 3.46. The highest BCUT2D eigenvalue weighted by molar-refractivity contribution is 5.94. The van der Waals surface area contributed by atoms with E-state index in [1.165, 1.54) is 0 Å². The van der Waals surface area contributed by atoms with Crippen LogP contribution >= 0.6 is 0 Å². The summed E-state index contributed by atoms with van der Waals surface area (Å²) in [6, 6.07) is 15.4. The molecule has 0 saturated heterocycles. The van der Waals surface area contributed by atoms with Gasteiger partial charge in [-0.05, 0) is 36.8 Å². The van der Waals surface area contributed by atoms with Gasteiger partial charge in [-0.25, -0.2) is 0 Å². The summed E-state index contributed by atoms with van der Waals surface area (Å²) >= 11 is 0. The molecule has 0 aliphatic carbocycles. The molecule has 2 aromatic carbocycles. The van der Waals surface area contributed by atoms with Crippen LogP contribution in [-0.2, 0) is 6.54 Å². The number of methoxy groups -OCH3 is 1. The van der Waals surface area contributed by atoms with Crippen molar-refractivity contribution < 1.29 is 9.53 Å². The maximum atomic E-state index is 12.3. The predicted octanol–water partition coefficient (Wildman–Crippen LogP) is 3.28. The monoisotopic (exact) mass is 269 g/mol. The van der Waals surface area contributed by atoms with E-state index in [-0.39, 0.29) is 5.91 Å². The van der Waals surface area contributed by atoms with Crippen LogP contribution in [0.25, 0.3) is 0 Å². The van der Waals surface area contributed by atoms with E-state index in [4.69, 9.17) is 4.74 Å². The molecule has 2 aromatic rings. The van der Waals surface area contributed by atoms with Crippen LogP contribution in [-0.4, -0.2) is 25.0 Å². The molecule has 104 valence electrons. The van der Waals surface area contributed by atoms with Crippen LogP contribution in [0.5, 0.6) is 5.75 Å². The first-order valence-corrected chi connectivity index (χ1v) is 6.55. The van der Waals surface area contributed by atoms with E-state index in [1.807, 2.05) is 62.5 Å². The van der Waals surface area contributed by atoms with E-state index in [0.29, 0.717) is 6.54 Å². The molecule has 0 heterocycles. The SMILES string of the molecule is COc1ccc(CN(C)C(=O)c2cccc(C)c2)cc1. The van der Waals surface area contributed by atoms with Crippen LogP contribution in [0.3, 0.4) is 0 Å². The van der Waals surface area contributed by atoms with E-state index < -0.39 is 0 Å². The Hall–Kier alpha value is -2.29. The van der Waals surface area contributed by atoms with Crippen molar-refractivity contribution in [2.75, 3.05) is 14.2 Å². The molecule has 1 amide bonds. The Morgan fingerprint density at radius 2 is 1.85 bits per heavy atom. The lowest BCUT2D eigenvalue weighted by Crippen LogP contribution is -2.26. The fourth-order valence-corrected chi connectivity index (χ4v) is 2.08. The van der Waals surface area contributed by atoms with Crippen molar-refractivity contribution >= 4 is 5.91 Å². The Morgan fingerprint density at radius 1 is 1.15 bits per heavy atom. The van der Waals surface area contributed by atoms with Gasteiger partial charge in [0.25, 0.3) is 5.91 Å². The Kier molecular flexibility index (Phi) is 4.41. The second-order valence-corrected chi connectivity index (χ2v) is 4.88. The molecule has 2 rings (SSSR count). The Balaban J connectivity index is 2.07. The number of ether oxygens (including phenoxy) is 1. The highest BCUT2D eigenvalue weighted by atomic mass is 16.5. The second kappa shape index (κ2) is 6.24. The summed E-state index contributed by atoms with van der Waals surface area (Å²) < 4.78 is 5.12. The molecular weight excluding hydrogens is 250 g/mol. The van der Waals surface area contributed by atoms with E-state index in [0.717, 1.165) is 22.4 Å². The van der Waals surface area contributed by atoms with Gasteiger partial charge < -0.3 is 9.64 Å². The van der Waals surface area contributed by atoms with Gasteiger partial charge in [-0.1, -0.05) is 29.8 Å². The first-order valence-electron chi connectivity index (χ1n) is 6.55. The minimum atomic E-state index is 0.0320. The maximum absolute atomic E-state index is 12.3. The molecule has 0 N–H and O–H groups in total. The third-order valence-electron chi connectivity index (χ3n) is 3.19. The van der Waals surface area contributed by atoms with Crippen molar-refractivity contribution in [2.24, 2.45) is 0 Å². The average molecular weight is 269 g/mol. The van der Waals surface area contributed by atoms with Gasteiger partial charge >= 0.3 is 0 Å². The molecule has 3 nitrogen and oxygen atoms in total. The van der Waals surface area contributed by atoms with Crippen LogP contribution in [0.4, 0.5) is 0 Å². The molecule has 20 heavy (non-hydrogen) atoms. The molecule has 0 unspecified atom stereocenters. The van der Waals surface area contributed by atoms with E-state index in [9.17, 15) is 4.79 Å². The zero-order chi connectivity index (χ0) is 14.5. The number of aryl methyl sites for hydroxylation is 1. The number of amides is 1. The topological polar surface area (TPSA) is 29.5 Å². The van der Waals surface area contributed by atoms with Gasteiger partial charge in [0.05, 0.1) is 7.11 Å². The van der Waals surface area contributed by atoms with Gasteiger partial charge in [0.15, 0.2) is 0 Å². The first kappa shape index (κ1) is 14.1. The molecule has 0 aliphatic heterocycles. The van der Waals surface area contributed by atoms with Crippen molar-refractivity contribution in [3.63, 3.8) is 0 Å². The highest BCUT2D eigenvalue weighted by Gasteiger charge is 2.11. The highest BCUT2D eigenvalue weighted by Crippen LogP contribution is 2.14. The smallest absolute Gasteiger partial charge is 0.253 e. The number of nitrogens with zero attached hydrogens (tertiary/aromatic N) is 1. The van der Waals surface area contributed by atoms with Crippen LogP contribution in [0, 0.1) is 6.92 Å². The lowest BCUT2D eigenvalue weighted by atomic mass is 10.1. The van der Waals surface area contributed by atoms with Crippen LogP contribution in [0.15, 0.2) is 48.5 Å². The van der Waals surface area contributed by atoms with Crippen LogP contribution in [0.2, 0.25) is 0 Å². The number of carbonyl (C=O) groups excluding carboxylic acids is 1. The lowest BCUT2D eigenvalue weighted by molar-refractivity contribution is 0.0785. The molecule has 0 aliphatic rings. The van der Waals surface area contributed by atoms with E-state index in [1.54, 1.807) is 12.0 Å². The van der Waals surface area contributed by atoms with Gasteiger partial charge in [0, 0.05) is 19.2 Å². The first-order chi connectivity index (χ1) is 9.60. The van der Waals surface area contributed by atoms with Crippen molar-refractivity contribution in [1.82, 2.24) is 4.90 Å². The Morgan fingerprint density at radius 3 is 2.45 bits per heavy atom. The van der Waals surface area contributed by atoms with Crippen molar-refractivity contribution in [1.29, 1.82) is 0 Å². The average Bonchev–Trinajstić information content (AvgIpc) is 2.47. The van der Waals surface area contributed by atoms with Gasteiger partial charge in [0.1, 0.15) is 5.75 Å².